The van der Waals surface area contributed by atoms with E-state index in [1.807, 2.05) is 0 Å². The van der Waals surface area contributed by atoms with Crippen molar-refractivity contribution in [2.75, 3.05) is 30.8 Å². The summed E-state index contributed by atoms with van der Waals surface area (Å²) in [6.45, 7) is 2.37. The zero-order valence-corrected chi connectivity index (χ0v) is 18.8. The summed E-state index contributed by atoms with van der Waals surface area (Å²) in [6, 6.07) is 3.95. The quantitative estimate of drug-likeness (QED) is 0.603. The maximum Gasteiger partial charge on any atom is 0.490 e. The fraction of sp³-hybridized carbons (Fsp3) is 0.450. The van der Waals surface area contributed by atoms with Gasteiger partial charge in [0.2, 0.25) is 5.88 Å². The van der Waals surface area contributed by atoms with Crippen molar-refractivity contribution in [1.29, 1.82) is 0 Å². The Labute approximate surface area is 192 Å². The van der Waals surface area contributed by atoms with Gasteiger partial charge in [-0.05, 0) is 50.6 Å². The molecule has 3 heterocycles. The largest absolute Gasteiger partial charge is 0.490 e. The monoisotopic (exact) mass is 506 g/mol. The summed E-state index contributed by atoms with van der Waals surface area (Å²) in [7, 11) is -3.46. The SMILES string of the molecule is CS(=O)(=O)c1ccc(N2CCc3c(OC4CCNCC4)ncnc32)c(F)c1.O=C(O)C(F)(F)F. The van der Waals surface area contributed by atoms with Gasteiger partial charge in [-0.2, -0.15) is 13.2 Å². The second-order valence-corrected chi connectivity index (χ2v) is 9.65. The molecule has 0 spiro atoms. The van der Waals surface area contributed by atoms with Crippen LogP contribution in [0.1, 0.15) is 18.4 Å². The van der Waals surface area contributed by atoms with E-state index in [4.69, 9.17) is 14.6 Å². The molecular formula is C20H22F4N4O5S. The number of benzene rings is 1. The molecule has 4 rings (SSSR count). The molecule has 2 aliphatic heterocycles. The van der Waals surface area contributed by atoms with Crippen LogP contribution in [0.4, 0.5) is 29.1 Å². The minimum Gasteiger partial charge on any atom is -0.475 e. The minimum atomic E-state index is -5.08. The number of hydrogen-bond acceptors (Lipinski definition) is 8. The molecule has 1 aromatic carbocycles. The first kappa shape index (κ1) is 25.6. The van der Waals surface area contributed by atoms with Crippen LogP contribution in [-0.4, -0.2) is 67.6 Å². The fourth-order valence-corrected chi connectivity index (χ4v) is 4.15. The van der Waals surface area contributed by atoms with Crippen LogP contribution in [0.2, 0.25) is 0 Å². The molecule has 0 radical (unpaired) electrons. The number of piperidine rings is 1. The molecule has 2 aliphatic rings. The highest BCUT2D eigenvalue weighted by Gasteiger charge is 2.38. The molecule has 14 heteroatoms. The Morgan fingerprint density at radius 3 is 2.44 bits per heavy atom. The van der Waals surface area contributed by atoms with Crippen molar-refractivity contribution >= 4 is 27.3 Å². The number of carbonyl (C=O) groups is 1. The zero-order valence-electron chi connectivity index (χ0n) is 18.0. The summed E-state index contributed by atoms with van der Waals surface area (Å²) in [5.41, 5.74) is 1.16. The van der Waals surface area contributed by atoms with E-state index in [-0.39, 0.29) is 11.0 Å². The fourth-order valence-electron chi connectivity index (χ4n) is 3.51. The van der Waals surface area contributed by atoms with Crippen LogP contribution in [0.3, 0.4) is 0 Å². The maximum atomic E-state index is 14.6. The Bertz CT molecular complexity index is 1150. The average Bonchev–Trinajstić information content (AvgIpc) is 3.18. The number of fused-ring (bicyclic) bond motifs is 1. The first-order valence-corrected chi connectivity index (χ1v) is 12.1. The molecular weight excluding hydrogens is 484 g/mol. The van der Waals surface area contributed by atoms with Gasteiger partial charge < -0.3 is 20.1 Å². The van der Waals surface area contributed by atoms with Crippen molar-refractivity contribution in [1.82, 2.24) is 15.3 Å². The van der Waals surface area contributed by atoms with Gasteiger partial charge in [0.25, 0.3) is 0 Å². The average molecular weight is 506 g/mol. The number of aliphatic carboxylic acids is 1. The van der Waals surface area contributed by atoms with E-state index < -0.39 is 27.8 Å². The second-order valence-electron chi connectivity index (χ2n) is 7.64. The summed E-state index contributed by atoms with van der Waals surface area (Å²) in [4.78, 5) is 19.2. The first-order valence-electron chi connectivity index (χ1n) is 10.2. The topological polar surface area (TPSA) is 122 Å². The lowest BCUT2D eigenvalue weighted by molar-refractivity contribution is -0.192. The molecule has 0 unspecified atom stereocenters. The highest BCUT2D eigenvalue weighted by Crippen LogP contribution is 2.38. The Morgan fingerprint density at radius 1 is 1.24 bits per heavy atom. The van der Waals surface area contributed by atoms with Crippen LogP contribution in [0.25, 0.3) is 0 Å². The molecule has 0 bridgehead atoms. The van der Waals surface area contributed by atoms with Crippen molar-refractivity contribution in [3.05, 3.63) is 35.9 Å². The highest BCUT2D eigenvalue weighted by atomic mass is 32.2. The van der Waals surface area contributed by atoms with Gasteiger partial charge in [0.1, 0.15) is 24.1 Å². The van der Waals surface area contributed by atoms with Crippen LogP contribution in [-0.2, 0) is 21.1 Å². The molecule has 2 aromatic rings. The van der Waals surface area contributed by atoms with Gasteiger partial charge in [0.05, 0.1) is 16.1 Å². The molecule has 186 valence electrons. The van der Waals surface area contributed by atoms with Gasteiger partial charge in [0.15, 0.2) is 9.84 Å². The van der Waals surface area contributed by atoms with Gasteiger partial charge in [0, 0.05) is 12.8 Å². The van der Waals surface area contributed by atoms with Crippen molar-refractivity contribution in [3.8, 4) is 5.88 Å². The number of nitrogens with one attached hydrogen (secondary N) is 1. The number of carboxylic acid groups (broad SMARTS) is 1. The lowest BCUT2D eigenvalue weighted by Gasteiger charge is -2.24. The van der Waals surface area contributed by atoms with Crippen LogP contribution < -0.4 is 15.0 Å². The Hall–Kier alpha value is -3.00. The molecule has 9 nitrogen and oxygen atoms in total. The first-order chi connectivity index (χ1) is 15.9. The molecule has 0 aliphatic carbocycles. The number of alkyl halides is 3. The van der Waals surface area contributed by atoms with E-state index in [1.54, 1.807) is 4.90 Å². The van der Waals surface area contributed by atoms with Crippen molar-refractivity contribution in [2.24, 2.45) is 0 Å². The molecule has 34 heavy (non-hydrogen) atoms. The standard InChI is InChI=1S/C18H21FN4O3S.C2HF3O2/c1-27(24,25)13-2-3-16(15(19)10-13)23-9-6-14-17(23)21-11-22-18(14)26-12-4-7-20-8-5-12;3-2(4,5)1(6)7/h2-3,10-12,20H,4-9H2,1H3;(H,6,7). The molecule has 2 N–H and O–H groups in total. The number of rotatable bonds is 4. The molecule has 1 aromatic heterocycles. The van der Waals surface area contributed by atoms with E-state index in [1.165, 1.54) is 18.5 Å². The summed E-state index contributed by atoms with van der Waals surface area (Å²) in [6.07, 6.45) is 0.00317. The van der Waals surface area contributed by atoms with E-state index in [9.17, 15) is 26.0 Å². The summed E-state index contributed by atoms with van der Waals surface area (Å²) in [5.74, 6) is -2.18. The predicted octanol–water partition coefficient (Wildman–Crippen LogP) is 2.48. The van der Waals surface area contributed by atoms with Gasteiger partial charge in [-0.15, -0.1) is 0 Å². The van der Waals surface area contributed by atoms with Crippen molar-refractivity contribution < 1.29 is 40.6 Å². The minimum absolute atomic E-state index is 0.0409. The summed E-state index contributed by atoms with van der Waals surface area (Å²) < 4.78 is 75.7. The third-order valence-electron chi connectivity index (χ3n) is 5.17. The van der Waals surface area contributed by atoms with Crippen LogP contribution in [0, 0.1) is 5.82 Å². The molecule has 0 amide bonds. The Balaban J connectivity index is 0.000000406. The number of aromatic nitrogens is 2. The van der Waals surface area contributed by atoms with E-state index in [0.29, 0.717) is 30.4 Å². The smallest absolute Gasteiger partial charge is 0.475 e. The third kappa shape index (κ3) is 6.11. The predicted molar refractivity (Wildman–Crippen MR) is 112 cm³/mol. The summed E-state index contributed by atoms with van der Waals surface area (Å²) in [5, 5.41) is 10.4. The van der Waals surface area contributed by atoms with Gasteiger partial charge in [-0.3, -0.25) is 0 Å². The number of halogens is 4. The molecule has 0 atom stereocenters. The number of sulfone groups is 1. The third-order valence-corrected chi connectivity index (χ3v) is 6.28. The summed E-state index contributed by atoms with van der Waals surface area (Å²) >= 11 is 0. The number of ether oxygens (including phenoxy) is 1. The van der Waals surface area contributed by atoms with Crippen LogP contribution in [0.15, 0.2) is 29.4 Å². The second kappa shape index (κ2) is 10.1. The Morgan fingerprint density at radius 2 is 1.88 bits per heavy atom. The van der Waals surface area contributed by atoms with Gasteiger partial charge >= 0.3 is 12.1 Å². The molecule has 1 fully saturated rings. The number of hydrogen-bond donors (Lipinski definition) is 2. The lowest BCUT2D eigenvalue weighted by Crippen LogP contribution is -2.34. The normalized spacial score (nSPS) is 16.4. The van der Waals surface area contributed by atoms with Gasteiger partial charge in [-0.25, -0.2) is 27.6 Å². The molecule has 1 saturated heterocycles. The Kier molecular flexibility index (Phi) is 7.60. The number of carboxylic acids is 1. The molecule has 0 saturated carbocycles. The van der Waals surface area contributed by atoms with E-state index in [2.05, 4.69) is 15.3 Å². The van der Waals surface area contributed by atoms with Crippen molar-refractivity contribution in [2.45, 2.75) is 36.4 Å². The maximum absolute atomic E-state index is 14.6. The van der Waals surface area contributed by atoms with Crippen LogP contribution in [0.5, 0.6) is 5.88 Å². The van der Waals surface area contributed by atoms with Gasteiger partial charge in [-0.1, -0.05) is 0 Å². The van der Waals surface area contributed by atoms with E-state index >= 15 is 0 Å². The zero-order chi connectivity index (χ0) is 25.1. The number of nitrogens with zero attached hydrogens (tertiary/aromatic N) is 3. The van der Waals surface area contributed by atoms with Crippen LogP contribution >= 0.6 is 0 Å². The lowest BCUT2D eigenvalue weighted by atomic mass is 10.1. The van der Waals surface area contributed by atoms with E-state index in [0.717, 1.165) is 43.8 Å². The number of anilines is 2. The highest BCUT2D eigenvalue weighted by molar-refractivity contribution is 7.90. The van der Waals surface area contributed by atoms with Crippen molar-refractivity contribution in [3.63, 3.8) is 0 Å².